The molecule has 158 valence electrons. The van der Waals surface area contributed by atoms with Gasteiger partial charge in [0.05, 0.1) is 18.4 Å². The second-order valence-electron chi connectivity index (χ2n) is 7.21. The molecule has 3 heterocycles. The first-order chi connectivity index (χ1) is 15.3. The molecule has 31 heavy (non-hydrogen) atoms. The van der Waals surface area contributed by atoms with Crippen molar-refractivity contribution in [3.8, 4) is 22.8 Å². The molecule has 0 bridgehead atoms. The maximum absolute atomic E-state index is 13.4. The Labute approximate surface area is 182 Å². The van der Waals surface area contributed by atoms with Crippen molar-refractivity contribution in [2.24, 2.45) is 0 Å². The van der Waals surface area contributed by atoms with Gasteiger partial charge in [-0.3, -0.25) is 4.57 Å². The minimum atomic E-state index is -0.283. The fourth-order valence-corrected chi connectivity index (χ4v) is 4.28. The van der Waals surface area contributed by atoms with E-state index >= 15 is 0 Å². The number of hydrogen-bond acceptors (Lipinski definition) is 7. The molecule has 0 aliphatic carbocycles. The summed E-state index contributed by atoms with van der Waals surface area (Å²) in [6, 6.07) is 15.9. The summed E-state index contributed by atoms with van der Waals surface area (Å²) >= 11 is 1.47. The van der Waals surface area contributed by atoms with E-state index in [1.165, 1.54) is 23.9 Å². The van der Waals surface area contributed by atoms with Crippen LogP contribution in [0.1, 0.15) is 18.7 Å². The van der Waals surface area contributed by atoms with Crippen molar-refractivity contribution >= 4 is 11.8 Å². The largest absolute Gasteiger partial charge is 0.420 e. The second-order valence-corrected chi connectivity index (χ2v) is 8.16. The Morgan fingerprint density at radius 3 is 2.58 bits per heavy atom. The molecule has 0 amide bonds. The minimum Gasteiger partial charge on any atom is -0.420 e. The van der Waals surface area contributed by atoms with Crippen molar-refractivity contribution < 1.29 is 13.5 Å². The summed E-state index contributed by atoms with van der Waals surface area (Å²) in [5.74, 6) is 1.87. The van der Waals surface area contributed by atoms with E-state index in [1.54, 1.807) is 12.1 Å². The van der Waals surface area contributed by atoms with E-state index in [0.717, 1.165) is 35.7 Å². The lowest BCUT2D eigenvalue weighted by atomic mass is 10.2. The van der Waals surface area contributed by atoms with E-state index in [0.29, 0.717) is 29.9 Å². The molecule has 2 aromatic heterocycles. The topological polar surface area (TPSA) is 78.9 Å². The summed E-state index contributed by atoms with van der Waals surface area (Å²) in [5.41, 5.74) is 1.69. The lowest BCUT2D eigenvalue weighted by Gasteiger charge is -2.14. The normalized spacial score (nSPS) is 16.1. The fourth-order valence-electron chi connectivity index (χ4n) is 3.50. The summed E-state index contributed by atoms with van der Waals surface area (Å²) < 4.78 is 27.0. The highest BCUT2D eigenvalue weighted by molar-refractivity contribution is 7.98. The molecule has 9 heteroatoms. The first-order valence-corrected chi connectivity index (χ1v) is 11.1. The Hall–Kier alpha value is -3.04. The Bertz CT molecular complexity index is 1140. The fraction of sp³-hybridized carbons (Fsp3) is 0.273. The molecule has 5 rings (SSSR count). The molecule has 1 atom stereocenters. The predicted molar refractivity (Wildman–Crippen MR) is 114 cm³/mol. The molecule has 4 aromatic rings. The Kier molecular flexibility index (Phi) is 5.77. The van der Waals surface area contributed by atoms with Crippen molar-refractivity contribution in [2.45, 2.75) is 36.4 Å². The molecule has 1 aliphatic rings. The average molecular weight is 438 g/mol. The van der Waals surface area contributed by atoms with Crippen molar-refractivity contribution in [2.75, 3.05) is 6.61 Å². The van der Waals surface area contributed by atoms with Crippen LogP contribution in [0.2, 0.25) is 0 Å². The smallest absolute Gasteiger partial charge is 0.247 e. The highest BCUT2D eigenvalue weighted by atomic mass is 32.2. The summed E-state index contributed by atoms with van der Waals surface area (Å²) in [5, 5.41) is 17.8. The Morgan fingerprint density at radius 2 is 1.81 bits per heavy atom. The number of benzene rings is 2. The standard InChI is InChI=1S/C22H20FN5O2S/c23-17-10-8-15(9-11-17)20-25-27-22(28(20)13-18-7-4-12-29-18)31-14-19-24-26-21(30-19)16-5-2-1-3-6-16/h1-3,5-6,8-11,18H,4,7,12-14H2. The Morgan fingerprint density at radius 1 is 0.968 bits per heavy atom. The summed E-state index contributed by atoms with van der Waals surface area (Å²) in [7, 11) is 0. The van der Waals surface area contributed by atoms with Gasteiger partial charge in [-0.15, -0.1) is 20.4 Å². The van der Waals surface area contributed by atoms with Crippen molar-refractivity contribution in [3.05, 3.63) is 66.3 Å². The second kappa shape index (κ2) is 8.99. The average Bonchev–Trinajstić information content (AvgIpc) is 3.56. The van der Waals surface area contributed by atoms with Gasteiger partial charge in [0.2, 0.25) is 11.8 Å². The van der Waals surface area contributed by atoms with Gasteiger partial charge < -0.3 is 9.15 Å². The van der Waals surface area contributed by atoms with E-state index in [2.05, 4.69) is 20.4 Å². The van der Waals surface area contributed by atoms with E-state index in [1.807, 2.05) is 34.9 Å². The van der Waals surface area contributed by atoms with E-state index < -0.39 is 0 Å². The Balaban J connectivity index is 1.37. The molecule has 0 N–H and O–H groups in total. The van der Waals surface area contributed by atoms with E-state index in [4.69, 9.17) is 9.15 Å². The quantitative estimate of drug-likeness (QED) is 0.391. The lowest BCUT2D eigenvalue weighted by Crippen LogP contribution is -2.16. The molecule has 1 aliphatic heterocycles. The zero-order valence-corrected chi connectivity index (χ0v) is 17.5. The first kappa shape index (κ1) is 19.9. The SMILES string of the molecule is Fc1ccc(-c2nnc(SCc3nnc(-c4ccccc4)o3)n2CC2CCCO2)cc1. The van der Waals surface area contributed by atoms with Crippen LogP contribution in [0.5, 0.6) is 0 Å². The van der Waals surface area contributed by atoms with Crippen LogP contribution in [-0.4, -0.2) is 37.7 Å². The number of ether oxygens (including phenoxy) is 1. The summed E-state index contributed by atoms with van der Waals surface area (Å²) in [6.07, 6.45) is 2.16. The van der Waals surface area contributed by atoms with Gasteiger partial charge in [0.15, 0.2) is 11.0 Å². The number of aromatic nitrogens is 5. The van der Waals surface area contributed by atoms with Crippen LogP contribution in [-0.2, 0) is 17.0 Å². The highest BCUT2D eigenvalue weighted by Crippen LogP contribution is 2.29. The van der Waals surface area contributed by atoms with Crippen molar-refractivity contribution in [1.29, 1.82) is 0 Å². The maximum atomic E-state index is 13.4. The third kappa shape index (κ3) is 4.52. The molecule has 0 spiro atoms. The van der Waals surface area contributed by atoms with Gasteiger partial charge in [0.25, 0.3) is 0 Å². The van der Waals surface area contributed by atoms with Gasteiger partial charge in [-0.05, 0) is 49.2 Å². The molecular formula is C22H20FN5O2S. The number of rotatable bonds is 7. The van der Waals surface area contributed by atoms with Gasteiger partial charge in [0.1, 0.15) is 5.82 Å². The van der Waals surface area contributed by atoms with Crippen LogP contribution in [0.3, 0.4) is 0 Å². The molecule has 0 saturated carbocycles. The third-order valence-electron chi connectivity index (χ3n) is 5.04. The van der Waals surface area contributed by atoms with Crippen LogP contribution in [0.4, 0.5) is 4.39 Å². The maximum Gasteiger partial charge on any atom is 0.247 e. The molecule has 7 nitrogen and oxygen atoms in total. The summed E-state index contributed by atoms with van der Waals surface area (Å²) in [4.78, 5) is 0. The minimum absolute atomic E-state index is 0.114. The van der Waals surface area contributed by atoms with E-state index in [-0.39, 0.29) is 11.9 Å². The number of thioether (sulfide) groups is 1. The van der Waals surface area contributed by atoms with Gasteiger partial charge >= 0.3 is 0 Å². The van der Waals surface area contributed by atoms with Crippen LogP contribution in [0, 0.1) is 5.82 Å². The van der Waals surface area contributed by atoms with Crippen LogP contribution in [0.15, 0.2) is 64.2 Å². The number of nitrogens with zero attached hydrogens (tertiary/aromatic N) is 5. The number of hydrogen-bond donors (Lipinski definition) is 0. The number of halogens is 1. The molecule has 0 radical (unpaired) electrons. The van der Waals surface area contributed by atoms with Gasteiger partial charge in [-0.2, -0.15) is 0 Å². The molecule has 1 unspecified atom stereocenters. The van der Waals surface area contributed by atoms with Gasteiger partial charge in [-0.1, -0.05) is 30.0 Å². The van der Waals surface area contributed by atoms with E-state index in [9.17, 15) is 4.39 Å². The van der Waals surface area contributed by atoms with Crippen LogP contribution in [0.25, 0.3) is 22.8 Å². The van der Waals surface area contributed by atoms with Crippen molar-refractivity contribution in [3.63, 3.8) is 0 Å². The van der Waals surface area contributed by atoms with Crippen LogP contribution < -0.4 is 0 Å². The zero-order chi connectivity index (χ0) is 21.0. The molecule has 1 fully saturated rings. The molecular weight excluding hydrogens is 417 g/mol. The predicted octanol–water partition coefficient (Wildman–Crippen LogP) is 4.61. The monoisotopic (exact) mass is 437 g/mol. The molecule has 2 aromatic carbocycles. The summed E-state index contributed by atoms with van der Waals surface area (Å²) in [6.45, 7) is 1.41. The van der Waals surface area contributed by atoms with Gasteiger partial charge in [0, 0.05) is 17.7 Å². The van der Waals surface area contributed by atoms with Crippen molar-refractivity contribution in [1.82, 2.24) is 25.0 Å². The highest BCUT2D eigenvalue weighted by Gasteiger charge is 2.22. The van der Waals surface area contributed by atoms with Crippen LogP contribution >= 0.6 is 11.8 Å². The first-order valence-electron chi connectivity index (χ1n) is 10.1. The third-order valence-corrected chi connectivity index (χ3v) is 5.99. The van der Waals surface area contributed by atoms with Gasteiger partial charge in [-0.25, -0.2) is 4.39 Å². The molecule has 1 saturated heterocycles. The zero-order valence-electron chi connectivity index (χ0n) is 16.6. The lowest BCUT2D eigenvalue weighted by molar-refractivity contribution is 0.0953.